The standard InChI is InChI=1S/C20H18ClN3O2S/c21-15-6-7-17-16(12-15)22-20(24(17)13-14-4-2-1-3-5-14)27-11-10-23-18(25)8-9-19(23)26/h1-7,12H,8-11,13H2. The average molecular weight is 400 g/mol. The van der Waals surface area contributed by atoms with Crippen molar-refractivity contribution in [1.82, 2.24) is 14.5 Å². The van der Waals surface area contributed by atoms with E-state index in [0.717, 1.165) is 16.2 Å². The molecule has 0 aliphatic carbocycles. The quantitative estimate of drug-likeness (QED) is 0.464. The Bertz CT molecular complexity index is 987. The van der Waals surface area contributed by atoms with Gasteiger partial charge >= 0.3 is 0 Å². The van der Waals surface area contributed by atoms with E-state index in [9.17, 15) is 9.59 Å². The summed E-state index contributed by atoms with van der Waals surface area (Å²) in [6.45, 7) is 1.11. The largest absolute Gasteiger partial charge is 0.314 e. The first kappa shape index (κ1) is 18.1. The average Bonchev–Trinajstić information content (AvgIpc) is 3.16. The molecule has 2 amide bonds. The van der Waals surface area contributed by atoms with Gasteiger partial charge in [-0.1, -0.05) is 53.7 Å². The summed E-state index contributed by atoms with van der Waals surface area (Å²) < 4.78 is 2.15. The van der Waals surface area contributed by atoms with Gasteiger partial charge in [0.1, 0.15) is 0 Å². The van der Waals surface area contributed by atoms with E-state index in [1.165, 1.54) is 10.5 Å². The number of fused-ring (bicyclic) bond motifs is 1. The third kappa shape index (κ3) is 3.87. The number of aromatic nitrogens is 2. The van der Waals surface area contributed by atoms with Crippen LogP contribution in [0.3, 0.4) is 0 Å². The van der Waals surface area contributed by atoms with Crippen molar-refractivity contribution in [3.63, 3.8) is 0 Å². The predicted octanol–water partition coefficient (Wildman–Crippen LogP) is 3.98. The molecule has 5 nitrogen and oxygen atoms in total. The Hall–Kier alpha value is -2.31. The van der Waals surface area contributed by atoms with E-state index in [1.807, 2.05) is 36.4 Å². The number of rotatable bonds is 6. The van der Waals surface area contributed by atoms with E-state index in [0.29, 0.717) is 36.7 Å². The van der Waals surface area contributed by atoms with Crippen molar-refractivity contribution < 1.29 is 9.59 Å². The number of carbonyl (C=O) groups is 2. The zero-order chi connectivity index (χ0) is 18.8. The third-order valence-corrected chi connectivity index (χ3v) is 5.75. The molecular formula is C20H18ClN3O2S. The fourth-order valence-corrected chi connectivity index (χ4v) is 4.31. The lowest BCUT2D eigenvalue weighted by Gasteiger charge is -2.13. The number of benzene rings is 2. The van der Waals surface area contributed by atoms with Crippen molar-refractivity contribution in [3.05, 3.63) is 59.1 Å². The highest BCUT2D eigenvalue weighted by Crippen LogP contribution is 2.27. The third-order valence-electron chi connectivity index (χ3n) is 4.56. The van der Waals surface area contributed by atoms with Crippen LogP contribution in [0.5, 0.6) is 0 Å². The second-order valence-electron chi connectivity index (χ2n) is 6.39. The lowest BCUT2D eigenvalue weighted by molar-refractivity contribution is -0.137. The Morgan fingerprint density at radius 2 is 1.78 bits per heavy atom. The highest BCUT2D eigenvalue weighted by atomic mass is 35.5. The smallest absolute Gasteiger partial charge is 0.229 e. The van der Waals surface area contributed by atoms with Crippen molar-refractivity contribution in [2.24, 2.45) is 0 Å². The number of hydrogen-bond acceptors (Lipinski definition) is 4. The number of nitrogens with zero attached hydrogens (tertiary/aromatic N) is 3. The first-order valence-electron chi connectivity index (χ1n) is 8.77. The number of halogens is 1. The minimum atomic E-state index is -0.0785. The van der Waals surface area contributed by atoms with Crippen LogP contribution < -0.4 is 0 Å². The number of likely N-dealkylation sites (tertiary alicyclic amines) is 1. The van der Waals surface area contributed by atoms with Gasteiger partial charge in [-0.05, 0) is 23.8 Å². The number of imidazole rings is 1. The molecule has 0 unspecified atom stereocenters. The lowest BCUT2D eigenvalue weighted by atomic mass is 10.2. The predicted molar refractivity (Wildman–Crippen MR) is 107 cm³/mol. The van der Waals surface area contributed by atoms with Crippen LogP contribution >= 0.6 is 23.4 Å². The van der Waals surface area contributed by atoms with Crippen LogP contribution in [0.4, 0.5) is 0 Å². The number of amides is 2. The molecule has 3 aromatic rings. The van der Waals surface area contributed by atoms with Gasteiger partial charge in [0.05, 0.1) is 17.6 Å². The Labute approximate surface area is 166 Å². The van der Waals surface area contributed by atoms with Crippen molar-refractivity contribution in [1.29, 1.82) is 0 Å². The van der Waals surface area contributed by atoms with Gasteiger partial charge in [-0.25, -0.2) is 4.98 Å². The highest BCUT2D eigenvalue weighted by Gasteiger charge is 2.28. The first-order chi connectivity index (χ1) is 13.1. The molecule has 0 spiro atoms. The van der Waals surface area contributed by atoms with Gasteiger partial charge < -0.3 is 4.57 Å². The fourth-order valence-electron chi connectivity index (χ4n) is 3.21. The Balaban J connectivity index is 1.58. The van der Waals surface area contributed by atoms with Gasteiger partial charge in [0.15, 0.2) is 5.16 Å². The molecule has 1 aliphatic heterocycles. The summed E-state index contributed by atoms with van der Waals surface area (Å²) in [7, 11) is 0. The Morgan fingerprint density at radius 3 is 2.52 bits per heavy atom. The molecule has 1 saturated heterocycles. The molecule has 27 heavy (non-hydrogen) atoms. The first-order valence-corrected chi connectivity index (χ1v) is 10.1. The summed E-state index contributed by atoms with van der Waals surface area (Å²) in [4.78, 5) is 29.6. The minimum Gasteiger partial charge on any atom is -0.314 e. The number of thioether (sulfide) groups is 1. The summed E-state index contributed by atoms with van der Waals surface area (Å²) in [6.07, 6.45) is 0.656. The van der Waals surface area contributed by atoms with Crippen molar-refractivity contribution in [2.45, 2.75) is 24.5 Å². The number of carbonyl (C=O) groups excluding carboxylic acids is 2. The second-order valence-corrected chi connectivity index (χ2v) is 7.89. The Morgan fingerprint density at radius 1 is 1.04 bits per heavy atom. The summed E-state index contributed by atoms with van der Waals surface area (Å²) in [5, 5.41) is 1.51. The van der Waals surface area contributed by atoms with Gasteiger partial charge in [-0.15, -0.1) is 0 Å². The molecule has 0 bridgehead atoms. The maximum atomic E-state index is 11.8. The molecule has 0 N–H and O–H groups in total. The SMILES string of the molecule is O=C1CCC(=O)N1CCSc1nc2cc(Cl)ccc2n1Cc1ccccc1. The normalized spacial score (nSPS) is 14.5. The van der Waals surface area contributed by atoms with Gasteiger partial charge in [0, 0.05) is 30.2 Å². The monoisotopic (exact) mass is 399 g/mol. The van der Waals surface area contributed by atoms with Gasteiger partial charge in [0.2, 0.25) is 11.8 Å². The highest BCUT2D eigenvalue weighted by molar-refractivity contribution is 7.99. The molecule has 2 aromatic carbocycles. The molecule has 1 aromatic heterocycles. The number of imide groups is 1. The van der Waals surface area contributed by atoms with Crippen LogP contribution in [0, 0.1) is 0 Å². The summed E-state index contributed by atoms with van der Waals surface area (Å²) >= 11 is 7.68. The van der Waals surface area contributed by atoms with Crippen LogP contribution in [0.15, 0.2) is 53.7 Å². The van der Waals surface area contributed by atoms with Crippen LogP contribution in [0.1, 0.15) is 18.4 Å². The van der Waals surface area contributed by atoms with Crippen molar-refractivity contribution >= 4 is 46.2 Å². The zero-order valence-corrected chi connectivity index (χ0v) is 16.2. The van der Waals surface area contributed by atoms with E-state index >= 15 is 0 Å². The Kier molecular flexibility index (Phi) is 5.18. The van der Waals surface area contributed by atoms with E-state index in [-0.39, 0.29) is 11.8 Å². The topological polar surface area (TPSA) is 55.2 Å². The molecule has 2 heterocycles. The molecule has 1 fully saturated rings. The molecule has 0 saturated carbocycles. The maximum Gasteiger partial charge on any atom is 0.229 e. The zero-order valence-electron chi connectivity index (χ0n) is 14.6. The molecular weight excluding hydrogens is 382 g/mol. The van der Waals surface area contributed by atoms with E-state index in [2.05, 4.69) is 16.7 Å². The van der Waals surface area contributed by atoms with Gasteiger partial charge in [-0.2, -0.15) is 0 Å². The van der Waals surface area contributed by atoms with Crippen molar-refractivity contribution in [3.8, 4) is 0 Å². The minimum absolute atomic E-state index is 0.0785. The molecule has 1 aliphatic rings. The van der Waals surface area contributed by atoms with E-state index in [4.69, 9.17) is 16.6 Å². The van der Waals surface area contributed by atoms with E-state index < -0.39 is 0 Å². The van der Waals surface area contributed by atoms with Crippen LogP contribution in [0.25, 0.3) is 11.0 Å². The van der Waals surface area contributed by atoms with Crippen LogP contribution in [-0.4, -0.2) is 38.6 Å². The summed E-state index contributed by atoms with van der Waals surface area (Å²) in [5.74, 6) is 0.457. The number of hydrogen-bond donors (Lipinski definition) is 0. The molecule has 4 rings (SSSR count). The molecule has 0 radical (unpaired) electrons. The fraction of sp³-hybridized carbons (Fsp3) is 0.250. The molecule has 138 valence electrons. The molecule has 7 heteroatoms. The lowest BCUT2D eigenvalue weighted by Crippen LogP contribution is -2.31. The van der Waals surface area contributed by atoms with E-state index in [1.54, 1.807) is 11.8 Å². The summed E-state index contributed by atoms with van der Waals surface area (Å²) in [6, 6.07) is 15.9. The van der Waals surface area contributed by atoms with Crippen LogP contribution in [0.2, 0.25) is 5.02 Å². The van der Waals surface area contributed by atoms with Crippen LogP contribution in [-0.2, 0) is 16.1 Å². The van der Waals surface area contributed by atoms with Crippen molar-refractivity contribution in [2.75, 3.05) is 12.3 Å². The molecule has 0 atom stereocenters. The summed E-state index contributed by atoms with van der Waals surface area (Å²) in [5.41, 5.74) is 3.03. The van der Waals surface area contributed by atoms with Gasteiger partial charge in [0.25, 0.3) is 0 Å². The van der Waals surface area contributed by atoms with Gasteiger partial charge in [-0.3, -0.25) is 14.5 Å². The second kappa shape index (κ2) is 7.74. The maximum absolute atomic E-state index is 11.8.